The van der Waals surface area contributed by atoms with E-state index in [2.05, 4.69) is 47.2 Å². The van der Waals surface area contributed by atoms with Crippen LogP contribution in [-0.2, 0) is 4.74 Å². The average molecular weight is 409 g/mol. The van der Waals surface area contributed by atoms with Crippen LogP contribution in [-0.4, -0.2) is 36.2 Å². The van der Waals surface area contributed by atoms with Crippen molar-refractivity contribution in [3.05, 3.63) is 42.1 Å². The van der Waals surface area contributed by atoms with Gasteiger partial charge in [-0.2, -0.15) is 0 Å². The lowest BCUT2D eigenvalue weighted by molar-refractivity contribution is 0.144. The summed E-state index contributed by atoms with van der Waals surface area (Å²) in [5.41, 5.74) is 1.53. The van der Waals surface area contributed by atoms with Crippen LogP contribution in [0.2, 0.25) is 0 Å². The highest BCUT2D eigenvalue weighted by atomic mass is 16.6. The van der Waals surface area contributed by atoms with Crippen molar-refractivity contribution < 1.29 is 9.47 Å². The van der Waals surface area contributed by atoms with Crippen LogP contribution in [0.5, 0.6) is 5.75 Å². The summed E-state index contributed by atoms with van der Waals surface area (Å²) in [6.07, 6.45) is 16.3. The molecule has 0 aromatic heterocycles. The summed E-state index contributed by atoms with van der Waals surface area (Å²) in [5.74, 6) is 3.55. The first-order chi connectivity index (χ1) is 14.8. The van der Waals surface area contributed by atoms with E-state index in [4.69, 9.17) is 9.47 Å². The van der Waals surface area contributed by atoms with E-state index >= 15 is 0 Å². The van der Waals surface area contributed by atoms with Gasteiger partial charge in [0.05, 0.1) is 12.6 Å². The molecule has 4 nitrogen and oxygen atoms in total. The standard InChI is InChI=1S/C26H36N2O2/c1-2-3-10-22-15-16-27-26-28(22)17-24(30-26)18-29-23-13-11-21(12-14-23)25-19-6-4-7-20(25)9-5-8-19/h11-16,19-20,22,24-25H,2-10,17-18H2,1H3/t19?,20?,22?,24-,25?/m0/s1. The van der Waals surface area contributed by atoms with Gasteiger partial charge in [0.25, 0.3) is 6.02 Å². The molecule has 5 rings (SSSR count). The maximum atomic E-state index is 6.12. The molecule has 1 aromatic rings. The Labute approximate surface area is 181 Å². The van der Waals surface area contributed by atoms with Gasteiger partial charge in [-0.1, -0.05) is 44.7 Å². The lowest BCUT2D eigenvalue weighted by atomic mass is 9.62. The van der Waals surface area contributed by atoms with E-state index in [-0.39, 0.29) is 6.10 Å². The van der Waals surface area contributed by atoms with Crippen molar-refractivity contribution in [1.82, 2.24) is 4.90 Å². The zero-order valence-electron chi connectivity index (χ0n) is 18.3. The van der Waals surface area contributed by atoms with Crippen LogP contribution in [0, 0.1) is 11.8 Å². The van der Waals surface area contributed by atoms with E-state index in [0.717, 1.165) is 42.5 Å². The van der Waals surface area contributed by atoms with E-state index in [1.807, 2.05) is 6.20 Å². The van der Waals surface area contributed by atoms with E-state index in [9.17, 15) is 0 Å². The Bertz CT molecular complexity index is 750. The molecule has 3 fully saturated rings. The molecule has 0 amide bonds. The van der Waals surface area contributed by atoms with E-state index < -0.39 is 0 Å². The first-order valence-corrected chi connectivity index (χ1v) is 12.2. The van der Waals surface area contributed by atoms with Gasteiger partial charge in [0.2, 0.25) is 0 Å². The van der Waals surface area contributed by atoms with Crippen molar-refractivity contribution in [3.63, 3.8) is 0 Å². The molecule has 1 unspecified atom stereocenters. The Morgan fingerprint density at radius 2 is 1.80 bits per heavy atom. The second-order valence-electron chi connectivity index (χ2n) is 9.64. The molecule has 2 aliphatic heterocycles. The number of aliphatic imine (C=N–C) groups is 1. The maximum Gasteiger partial charge on any atom is 0.293 e. The Morgan fingerprint density at radius 1 is 1.07 bits per heavy atom. The van der Waals surface area contributed by atoms with Crippen LogP contribution in [0.15, 0.2) is 41.5 Å². The van der Waals surface area contributed by atoms with Crippen molar-refractivity contribution in [2.75, 3.05) is 13.2 Å². The zero-order valence-corrected chi connectivity index (χ0v) is 18.3. The quantitative estimate of drug-likeness (QED) is 0.564. The largest absolute Gasteiger partial charge is 0.490 e. The number of fused-ring (bicyclic) bond motifs is 3. The number of amidine groups is 1. The van der Waals surface area contributed by atoms with Crippen LogP contribution in [0.1, 0.15) is 76.2 Å². The molecule has 0 N–H and O–H groups in total. The van der Waals surface area contributed by atoms with Crippen LogP contribution in [0.3, 0.4) is 0 Å². The number of benzene rings is 1. The summed E-state index contributed by atoms with van der Waals surface area (Å²) in [7, 11) is 0. The molecule has 2 bridgehead atoms. The number of nitrogens with zero attached hydrogens (tertiary/aromatic N) is 2. The van der Waals surface area contributed by atoms with Gasteiger partial charge in [-0.15, -0.1) is 0 Å². The van der Waals surface area contributed by atoms with E-state index in [0.29, 0.717) is 12.6 Å². The predicted octanol–water partition coefficient (Wildman–Crippen LogP) is 5.89. The first-order valence-electron chi connectivity index (χ1n) is 12.2. The Hall–Kier alpha value is -1.97. The molecule has 2 aliphatic carbocycles. The van der Waals surface area contributed by atoms with Crippen LogP contribution < -0.4 is 4.74 Å². The number of hydrogen-bond acceptors (Lipinski definition) is 4. The topological polar surface area (TPSA) is 34.1 Å². The minimum absolute atomic E-state index is 0.0464. The summed E-state index contributed by atoms with van der Waals surface area (Å²) in [6, 6.07) is 10.2. The van der Waals surface area contributed by atoms with Gasteiger partial charge in [-0.3, -0.25) is 0 Å². The molecule has 0 radical (unpaired) electrons. The normalized spacial score (nSPS) is 32.4. The average Bonchev–Trinajstić information content (AvgIpc) is 3.20. The second kappa shape index (κ2) is 9.03. The highest BCUT2D eigenvalue weighted by Crippen LogP contribution is 2.49. The molecule has 4 aliphatic rings. The SMILES string of the molecule is CCCCC1C=CN=C2O[C@H](COc3ccc(C4C5CCCC4CCC5)cc3)CN21. The van der Waals surface area contributed by atoms with Gasteiger partial charge in [0, 0.05) is 6.20 Å². The van der Waals surface area contributed by atoms with Gasteiger partial charge < -0.3 is 14.4 Å². The highest BCUT2D eigenvalue weighted by Gasteiger charge is 2.37. The summed E-state index contributed by atoms with van der Waals surface area (Å²) in [6.45, 7) is 3.68. The lowest BCUT2D eigenvalue weighted by Crippen LogP contribution is -2.37. The van der Waals surface area contributed by atoms with Crippen LogP contribution in [0.4, 0.5) is 0 Å². The number of hydrogen-bond donors (Lipinski definition) is 0. The third-order valence-corrected chi connectivity index (χ3v) is 7.68. The number of ether oxygens (including phenoxy) is 2. The van der Waals surface area contributed by atoms with Crippen molar-refractivity contribution in [2.24, 2.45) is 16.8 Å². The molecule has 4 heteroatoms. The minimum atomic E-state index is 0.0464. The second-order valence-corrected chi connectivity index (χ2v) is 9.64. The molecular weight excluding hydrogens is 372 g/mol. The molecule has 2 atom stereocenters. The summed E-state index contributed by atoms with van der Waals surface area (Å²) >= 11 is 0. The number of rotatable bonds is 7. The molecule has 2 heterocycles. The molecule has 1 aromatic carbocycles. The van der Waals surface area contributed by atoms with Gasteiger partial charge in [-0.05, 0) is 73.6 Å². The van der Waals surface area contributed by atoms with Crippen molar-refractivity contribution in [1.29, 1.82) is 0 Å². The highest BCUT2D eigenvalue weighted by molar-refractivity contribution is 5.78. The van der Waals surface area contributed by atoms with E-state index in [1.54, 1.807) is 0 Å². The fraction of sp³-hybridized carbons (Fsp3) is 0.654. The van der Waals surface area contributed by atoms with E-state index in [1.165, 1.54) is 56.9 Å². The number of unbranched alkanes of at least 4 members (excludes halogenated alkanes) is 1. The van der Waals surface area contributed by atoms with Gasteiger partial charge in [0.15, 0.2) is 6.10 Å². The smallest absolute Gasteiger partial charge is 0.293 e. The first kappa shape index (κ1) is 20.0. The Morgan fingerprint density at radius 3 is 2.50 bits per heavy atom. The third kappa shape index (κ3) is 4.10. The van der Waals surface area contributed by atoms with Gasteiger partial charge in [0.1, 0.15) is 12.4 Å². The maximum absolute atomic E-state index is 6.12. The molecule has 30 heavy (non-hydrogen) atoms. The van der Waals surface area contributed by atoms with Crippen LogP contribution in [0.25, 0.3) is 0 Å². The monoisotopic (exact) mass is 408 g/mol. The Kier molecular flexibility index (Phi) is 6.01. The fourth-order valence-corrected chi connectivity index (χ4v) is 6.19. The van der Waals surface area contributed by atoms with Crippen LogP contribution >= 0.6 is 0 Å². The van der Waals surface area contributed by atoms with Gasteiger partial charge >= 0.3 is 0 Å². The Balaban J connectivity index is 1.16. The third-order valence-electron chi connectivity index (χ3n) is 7.68. The predicted molar refractivity (Wildman–Crippen MR) is 121 cm³/mol. The zero-order chi connectivity index (χ0) is 20.3. The van der Waals surface area contributed by atoms with Crippen molar-refractivity contribution >= 4 is 6.02 Å². The molecule has 162 valence electrons. The van der Waals surface area contributed by atoms with Crippen molar-refractivity contribution in [2.45, 2.75) is 82.8 Å². The van der Waals surface area contributed by atoms with Gasteiger partial charge in [-0.25, -0.2) is 4.99 Å². The summed E-state index contributed by atoms with van der Waals surface area (Å²) in [5, 5.41) is 0. The molecular formula is C26H36N2O2. The molecule has 0 spiro atoms. The van der Waals surface area contributed by atoms with Crippen molar-refractivity contribution in [3.8, 4) is 5.75 Å². The molecule has 1 saturated heterocycles. The summed E-state index contributed by atoms with van der Waals surface area (Å²) < 4.78 is 12.2. The lowest BCUT2D eigenvalue weighted by Gasteiger charge is -2.43. The fourth-order valence-electron chi connectivity index (χ4n) is 6.19. The minimum Gasteiger partial charge on any atom is -0.490 e. The summed E-state index contributed by atoms with van der Waals surface area (Å²) in [4.78, 5) is 6.73. The molecule has 2 saturated carbocycles.